The number of tetrazole rings is 1. The fraction of sp³-hybridized carbons (Fsp3) is 0.417. The van der Waals surface area contributed by atoms with Crippen molar-refractivity contribution in [3.05, 3.63) is 59.9 Å². The number of hydrogen-bond donors (Lipinski definition) is 1. The van der Waals surface area contributed by atoms with E-state index in [-0.39, 0.29) is 5.97 Å². The second-order valence-corrected chi connectivity index (χ2v) is 8.31. The molecule has 2 aromatic carbocycles. The van der Waals surface area contributed by atoms with E-state index >= 15 is 0 Å². The second-order valence-electron chi connectivity index (χ2n) is 8.31. The molecular formula is C24H29N5O3. The van der Waals surface area contributed by atoms with E-state index in [1.54, 1.807) is 30.8 Å². The molecule has 1 N–H and O–H groups in total. The van der Waals surface area contributed by atoms with E-state index in [0.29, 0.717) is 18.1 Å². The molecule has 0 radical (unpaired) electrons. The van der Waals surface area contributed by atoms with Gasteiger partial charge in [-0.15, -0.1) is 5.10 Å². The first-order valence-electron chi connectivity index (χ1n) is 11.0. The Bertz CT molecular complexity index is 1070. The molecule has 0 spiro atoms. The minimum atomic E-state index is -0.442. The number of ether oxygens (including phenoxy) is 2. The Hall–Kier alpha value is -3.42. The largest absolute Gasteiger partial charge is 0.497 e. The van der Waals surface area contributed by atoms with Gasteiger partial charge in [-0.1, -0.05) is 19.1 Å². The lowest BCUT2D eigenvalue weighted by Gasteiger charge is -2.39. The summed E-state index contributed by atoms with van der Waals surface area (Å²) in [5, 5.41) is 16.5. The quantitative estimate of drug-likeness (QED) is 0.551. The molecule has 1 aromatic heterocycles. The lowest BCUT2D eigenvalue weighted by molar-refractivity contribution is 0.0526. The number of carbonyl (C=O) groups excluding carboxylic acids is 1. The van der Waals surface area contributed by atoms with Crippen LogP contribution in [0.5, 0.6) is 5.75 Å². The summed E-state index contributed by atoms with van der Waals surface area (Å²) in [6.45, 7) is 4.39. The van der Waals surface area contributed by atoms with Gasteiger partial charge < -0.3 is 14.8 Å². The van der Waals surface area contributed by atoms with Gasteiger partial charge >= 0.3 is 5.97 Å². The first kappa shape index (κ1) is 21.8. The van der Waals surface area contributed by atoms with Crippen molar-refractivity contribution in [1.82, 2.24) is 20.2 Å². The number of rotatable bonds is 7. The zero-order valence-electron chi connectivity index (χ0n) is 18.7. The maximum absolute atomic E-state index is 12.2. The molecule has 0 amide bonds. The molecule has 32 heavy (non-hydrogen) atoms. The van der Waals surface area contributed by atoms with Crippen molar-refractivity contribution < 1.29 is 14.3 Å². The Labute approximate surface area is 187 Å². The molecule has 0 bridgehead atoms. The van der Waals surface area contributed by atoms with Crippen LogP contribution in [0, 0.1) is 5.92 Å². The standard InChI is InChI=1S/C24H29N5O3/c1-4-32-22(30)18-7-5-9-20(15-18)29-23(26-27-28-29)24(13-11-17(2)12-14-24)25-19-8-6-10-21(16-19)31-3/h5-10,15-17,25H,4,11-14H2,1-3H3. The lowest BCUT2D eigenvalue weighted by atomic mass is 9.76. The summed E-state index contributed by atoms with van der Waals surface area (Å²) in [5.41, 5.74) is 1.70. The molecule has 4 rings (SSSR count). The smallest absolute Gasteiger partial charge is 0.338 e. The van der Waals surface area contributed by atoms with E-state index in [2.05, 4.69) is 27.8 Å². The van der Waals surface area contributed by atoms with Crippen LogP contribution in [0.2, 0.25) is 0 Å². The zero-order chi connectivity index (χ0) is 22.6. The SMILES string of the molecule is CCOC(=O)c1cccc(-n2nnnc2C2(Nc3cccc(OC)c3)CCC(C)CC2)c1. The number of benzene rings is 2. The normalized spacial score (nSPS) is 20.5. The zero-order valence-corrected chi connectivity index (χ0v) is 18.7. The van der Waals surface area contributed by atoms with Crippen molar-refractivity contribution in [2.75, 3.05) is 19.0 Å². The summed E-state index contributed by atoms with van der Waals surface area (Å²) >= 11 is 0. The van der Waals surface area contributed by atoms with Crippen LogP contribution in [0.3, 0.4) is 0 Å². The van der Waals surface area contributed by atoms with Gasteiger partial charge in [0.15, 0.2) is 5.82 Å². The molecule has 8 nitrogen and oxygen atoms in total. The maximum Gasteiger partial charge on any atom is 0.338 e. The molecule has 168 valence electrons. The van der Waals surface area contributed by atoms with Gasteiger partial charge in [0.05, 0.1) is 30.5 Å². The van der Waals surface area contributed by atoms with Crippen molar-refractivity contribution >= 4 is 11.7 Å². The third-order valence-electron chi connectivity index (χ3n) is 6.08. The summed E-state index contributed by atoms with van der Waals surface area (Å²) in [5.74, 6) is 1.80. The van der Waals surface area contributed by atoms with Crippen molar-refractivity contribution in [3.63, 3.8) is 0 Å². The molecule has 1 saturated carbocycles. The number of nitrogens with zero attached hydrogens (tertiary/aromatic N) is 4. The fourth-order valence-electron chi connectivity index (χ4n) is 4.28. The molecule has 1 aliphatic carbocycles. The highest BCUT2D eigenvalue weighted by Gasteiger charge is 2.41. The Morgan fingerprint density at radius 3 is 2.72 bits per heavy atom. The Kier molecular flexibility index (Phi) is 6.39. The van der Waals surface area contributed by atoms with Gasteiger partial charge in [-0.25, -0.2) is 4.79 Å². The average molecular weight is 436 g/mol. The van der Waals surface area contributed by atoms with Crippen LogP contribution in [0.25, 0.3) is 5.69 Å². The van der Waals surface area contributed by atoms with Crippen LogP contribution in [-0.4, -0.2) is 39.9 Å². The third kappa shape index (κ3) is 4.44. The number of esters is 1. The van der Waals surface area contributed by atoms with E-state index in [4.69, 9.17) is 9.47 Å². The van der Waals surface area contributed by atoms with Crippen molar-refractivity contribution in [2.24, 2.45) is 5.92 Å². The molecule has 3 aromatic rings. The number of aromatic nitrogens is 4. The van der Waals surface area contributed by atoms with Crippen molar-refractivity contribution in [2.45, 2.75) is 45.1 Å². The van der Waals surface area contributed by atoms with Crippen LogP contribution in [0.15, 0.2) is 48.5 Å². The van der Waals surface area contributed by atoms with Gasteiger partial charge in [0.2, 0.25) is 0 Å². The molecular weight excluding hydrogens is 406 g/mol. The van der Waals surface area contributed by atoms with E-state index in [0.717, 1.165) is 48.6 Å². The van der Waals surface area contributed by atoms with E-state index in [9.17, 15) is 4.79 Å². The highest BCUT2D eigenvalue weighted by molar-refractivity contribution is 5.90. The first-order chi connectivity index (χ1) is 15.5. The molecule has 0 aliphatic heterocycles. The molecule has 0 unspecified atom stereocenters. The molecule has 8 heteroatoms. The topological polar surface area (TPSA) is 91.2 Å². The van der Waals surface area contributed by atoms with Gasteiger partial charge in [0.1, 0.15) is 5.75 Å². The van der Waals surface area contributed by atoms with Crippen LogP contribution in [0.4, 0.5) is 5.69 Å². The first-order valence-corrected chi connectivity index (χ1v) is 11.0. The summed E-state index contributed by atoms with van der Waals surface area (Å²) in [6.07, 6.45) is 3.91. The number of carbonyl (C=O) groups is 1. The Balaban J connectivity index is 1.74. The number of methoxy groups -OCH3 is 1. The van der Waals surface area contributed by atoms with Gasteiger partial charge in [0.25, 0.3) is 0 Å². The molecule has 1 heterocycles. The summed E-state index contributed by atoms with van der Waals surface area (Å²) in [6, 6.07) is 15.1. The van der Waals surface area contributed by atoms with Crippen molar-refractivity contribution in [3.8, 4) is 11.4 Å². The van der Waals surface area contributed by atoms with E-state index < -0.39 is 5.54 Å². The molecule has 0 saturated heterocycles. The van der Waals surface area contributed by atoms with Gasteiger partial charge in [-0.05, 0) is 79.3 Å². The van der Waals surface area contributed by atoms with E-state index in [1.165, 1.54) is 0 Å². The van der Waals surface area contributed by atoms with Crippen LogP contribution in [-0.2, 0) is 10.3 Å². The van der Waals surface area contributed by atoms with Crippen molar-refractivity contribution in [1.29, 1.82) is 0 Å². The average Bonchev–Trinajstić information content (AvgIpc) is 3.32. The molecule has 1 aliphatic rings. The number of anilines is 1. The Morgan fingerprint density at radius 1 is 1.19 bits per heavy atom. The fourth-order valence-corrected chi connectivity index (χ4v) is 4.28. The minimum Gasteiger partial charge on any atom is -0.497 e. The number of hydrogen-bond acceptors (Lipinski definition) is 7. The predicted molar refractivity (Wildman–Crippen MR) is 121 cm³/mol. The second kappa shape index (κ2) is 9.38. The van der Waals surface area contributed by atoms with E-state index in [1.807, 2.05) is 36.4 Å². The summed E-state index contributed by atoms with van der Waals surface area (Å²) in [7, 11) is 1.66. The highest BCUT2D eigenvalue weighted by atomic mass is 16.5. The van der Waals surface area contributed by atoms with Crippen LogP contribution >= 0.6 is 0 Å². The summed E-state index contributed by atoms with van der Waals surface area (Å²) in [4.78, 5) is 12.2. The lowest BCUT2D eigenvalue weighted by Crippen LogP contribution is -2.41. The maximum atomic E-state index is 12.2. The van der Waals surface area contributed by atoms with Crippen LogP contribution in [0.1, 0.15) is 55.7 Å². The van der Waals surface area contributed by atoms with Crippen LogP contribution < -0.4 is 10.1 Å². The van der Waals surface area contributed by atoms with Gasteiger partial charge in [0, 0.05) is 11.8 Å². The van der Waals surface area contributed by atoms with Gasteiger partial charge in [-0.2, -0.15) is 4.68 Å². The van der Waals surface area contributed by atoms with Gasteiger partial charge in [-0.3, -0.25) is 0 Å². The minimum absolute atomic E-state index is 0.324. The number of nitrogens with one attached hydrogen (secondary N) is 1. The summed E-state index contributed by atoms with van der Waals surface area (Å²) < 4.78 is 12.3. The third-order valence-corrected chi connectivity index (χ3v) is 6.08. The monoisotopic (exact) mass is 435 g/mol. The predicted octanol–water partition coefficient (Wildman–Crippen LogP) is 4.37. The highest BCUT2D eigenvalue weighted by Crippen LogP contribution is 2.42. The molecule has 1 fully saturated rings. The molecule has 0 atom stereocenters. The Morgan fingerprint density at radius 2 is 1.97 bits per heavy atom.